The van der Waals surface area contributed by atoms with Gasteiger partial charge < -0.3 is 15.8 Å². The van der Waals surface area contributed by atoms with Gasteiger partial charge in [0, 0.05) is 0 Å². The van der Waals surface area contributed by atoms with Gasteiger partial charge in [-0.05, 0) is 43.7 Å². The molecule has 110 valence electrons. The number of carbonyl (C=O) groups is 1. The summed E-state index contributed by atoms with van der Waals surface area (Å²) in [5, 5.41) is 2.91. The van der Waals surface area contributed by atoms with E-state index in [2.05, 4.69) is 5.32 Å². The molecule has 4 nitrogen and oxygen atoms in total. The van der Waals surface area contributed by atoms with E-state index in [0.717, 1.165) is 5.56 Å². The third kappa shape index (κ3) is 3.31. The Balaban J connectivity index is 2.35. The Kier molecular flexibility index (Phi) is 4.42. The normalized spacial score (nSPS) is 10.2. The fourth-order valence-corrected chi connectivity index (χ4v) is 1.94. The van der Waals surface area contributed by atoms with Crippen LogP contribution in [0, 0.1) is 12.7 Å². The maximum atomic E-state index is 13.8. The van der Waals surface area contributed by atoms with Crippen molar-refractivity contribution in [2.24, 2.45) is 0 Å². The maximum absolute atomic E-state index is 13.8. The van der Waals surface area contributed by atoms with Crippen LogP contribution in [-0.4, -0.2) is 12.6 Å². The van der Waals surface area contributed by atoms with E-state index in [0.29, 0.717) is 11.4 Å². The topological polar surface area (TPSA) is 64.3 Å². The molecule has 0 atom stereocenters. The molecule has 0 aliphatic heterocycles. The van der Waals surface area contributed by atoms with Crippen LogP contribution in [0.4, 0.5) is 21.5 Å². The summed E-state index contributed by atoms with van der Waals surface area (Å²) in [5.74, 6) is -0.884. The minimum Gasteiger partial charge on any atom is -0.462 e. The maximum Gasteiger partial charge on any atom is 0.340 e. The van der Waals surface area contributed by atoms with Crippen LogP contribution in [0.5, 0.6) is 0 Å². The molecule has 0 radical (unpaired) electrons. The summed E-state index contributed by atoms with van der Waals surface area (Å²) in [7, 11) is 0. The van der Waals surface area contributed by atoms with Crippen molar-refractivity contribution in [2.75, 3.05) is 17.7 Å². The number of anilines is 3. The number of halogens is 1. The van der Waals surface area contributed by atoms with E-state index >= 15 is 0 Å². The van der Waals surface area contributed by atoms with Crippen molar-refractivity contribution in [2.45, 2.75) is 13.8 Å². The van der Waals surface area contributed by atoms with Crippen LogP contribution >= 0.6 is 0 Å². The zero-order valence-electron chi connectivity index (χ0n) is 11.9. The molecule has 0 fully saturated rings. The number of ether oxygens (including phenoxy) is 1. The Morgan fingerprint density at radius 1 is 1.29 bits per heavy atom. The first-order valence-corrected chi connectivity index (χ1v) is 6.61. The number of nitrogen functional groups attached to an aromatic ring is 1. The van der Waals surface area contributed by atoms with Crippen molar-refractivity contribution in [3.8, 4) is 0 Å². The fourth-order valence-electron chi connectivity index (χ4n) is 1.94. The van der Waals surface area contributed by atoms with Gasteiger partial charge in [-0.25, -0.2) is 9.18 Å². The number of nitrogens with one attached hydrogen (secondary N) is 1. The summed E-state index contributed by atoms with van der Waals surface area (Å²) in [6.45, 7) is 3.85. The third-order valence-corrected chi connectivity index (χ3v) is 2.99. The second-order valence-corrected chi connectivity index (χ2v) is 4.60. The van der Waals surface area contributed by atoms with Crippen molar-refractivity contribution in [1.29, 1.82) is 0 Å². The molecule has 21 heavy (non-hydrogen) atoms. The lowest BCUT2D eigenvalue weighted by molar-refractivity contribution is 0.0527. The van der Waals surface area contributed by atoms with Gasteiger partial charge in [0.2, 0.25) is 0 Å². The molecule has 0 heterocycles. The number of esters is 1. The van der Waals surface area contributed by atoms with Crippen molar-refractivity contribution in [3.05, 3.63) is 53.3 Å². The van der Waals surface area contributed by atoms with E-state index in [-0.39, 0.29) is 23.7 Å². The van der Waals surface area contributed by atoms with Gasteiger partial charge in [0.25, 0.3) is 0 Å². The van der Waals surface area contributed by atoms with Crippen LogP contribution in [0.3, 0.4) is 0 Å². The van der Waals surface area contributed by atoms with Crippen LogP contribution in [0.25, 0.3) is 0 Å². The SMILES string of the molecule is CCOC(=O)c1cccc(Nc2cc(C)ccc2F)c1N. The summed E-state index contributed by atoms with van der Waals surface area (Å²) in [6.07, 6.45) is 0. The molecule has 0 amide bonds. The second kappa shape index (κ2) is 6.26. The van der Waals surface area contributed by atoms with Gasteiger partial charge in [-0.15, -0.1) is 0 Å². The van der Waals surface area contributed by atoms with Gasteiger partial charge in [-0.3, -0.25) is 0 Å². The zero-order valence-corrected chi connectivity index (χ0v) is 11.9. The van der Waals surface area contributed by atoms with Crippen molar-refractivity contribution in [1.82, 2.24) is 0 Å². The number of aryl methyl sites for hydroxylation is 1. The summed E-state index contributed by atoms with van der Waals surface area (Å²) in [6, 6.07) is 9.65. The number of hydrogen-bond donors (Lipinski definition) is 2. The largest absolute Gasteiger partial charge is 0.462 e. The lowest BCUT2D eigenvalue weighted by atomic mass is 10.1. The highest BCUT2D eigenvalue weighted by molar-refractivity contribution is 5.98. The van der Waals surface area contributed by atoms with E-state index in [1.165, 1.54) is 6.07 Å². The average molecular weight is 288 g/mol. The molecule has 0 spiro atoms. The number of carbonyl (C=O) groups excluding carboxylic acids is 1. The van der Waals surface area contributed by atoms with Crippen LogP contribution in [0.2, 0.25) is 0 Å². The highest BCUT2D eigenvalue weighted by atomic mass is 19.1. The molecule has 0 saturated carbocycles. The molecule has 0 aromatic heterocycles. The first kappa shape index (κ1) is 14.8. The smallest absolute Gasteiger partial charge is 0.340 e. The molecule has 2 aromatic carbocycles. The lowest BCUT2D eigenvalue weighted by Gasteiger charge is -2.13. The van der Waals surface area contributed by atoms with Crippen LogP contribution < -0.4 is 11.1 Å². The predicted molar refractivity (Wildman–Crippen MR) is 81.2 cm³/mol. The van der Waals surface area contributed by atoms with Crippen molar-refractivity contribution < 1.29 is 13.9 Å². The minimum absolute atomic E-state index is 0.233. The highest BCUT2D eigenvalue weighted by Crippen LogP contribution is 2.28. The zero-order chi connectivity index (χ0) is 15.4. The van der Waals surface area contributed by atoms with E-state index < -0.39 is 5.97 Å². The van der Waals surface area contributed by atoms with Gasteiger partial charge in [-0.1, -0.05) is 12.1 Å². The van der Waals surface area contributed by atoms with Gasteiger partial charge >= 0.3 is 5.97 Å². The molecule has 0 saturated heterocycles. The molecule has 3 N–H and O–H groups in total. The Hall–Kier alpha value is -2.56. The second-order valence-electron chi connectivity index (χ2n) is 4.60. The summed E-state index contributed by atoms with van der Waals surface area (Å²) >= 11 is 0. The molecule has 2 rings (SSSR count). The molecule has 2 aromatic rings. The number of nitrogens with two attached hydrogens (primary N) is 1. The average Bonchev–Trinajstić information content (AvgIpc) is 2.45. The van der Waals surface area contributed by atoms with E-state index in [1.807, 2.05) is 6.92 Å². The lowest BCUT2D eigenvalue weighted by Crippen LogP contribution is -2.09. The van der Waals surface area contributed by atoms with E-state index in [9.17, 15) is 9.18 Å². The molecular formula is C16H17FN2O2. The van der Waals surface area contributed by atoms with Gasteiger partial charge in [0.1, 0.15) is 5.82 Å². The Bertz CT molecular complexity index is 671. The Morgan fingerprint density at radius 3 is 2.76 bits per heavy atom. The molecule has 0 aliphatic carbocycles. The monoisotopic (exact) mass is 288 g/mol. The quantitative estimate of drug-likeness (QED) is 0.666. The third-order valence-electron chi connectivity index (χ3n) is 2.99. The summed E-state index contributed by atoms with van der Waals surface area (Å²) < 4.78 is 18.7. The van der Waals surface area contributed by atoms with Gasteiger partial charge in [0.05, 0.1) is 29.2 Å². The van der Waals surface area contributed by atoms with Crippen molar-refractivity contribution in [3.63, 3.8) is 0 Å². The fraction of sp³-hybridized carbons (Fsp3) is 0.188. The number of benzene rings is 2. The first-order chi connectivity index (χ1) is 10.0. The number of rotatable bonds is 4. The molecule has 0 unspecified atom stereocenters. The van der Waals surface area contributed by atoms with Crippen molar-refractivity contribution >= 4 is 23.0 Å². The summed E-state index contributed by atoms with van der Waals surface area (Å²) in [5.41, 5.74) is 8.14. The minimum atomic E-state index is -0.497. The van der Waals surface area contributed by atoms with E-state index in [1.54, 1.807) is 37.3 Å². The molecule has 0 aliphatic rings. The highest BCUT2D eigenvalue weighted by Gasteiger charge is 2.14. The number of hydrogen-bond acceptors (Lipinski definition) is 4. The van der Waals surface area contributed by atoms with Crippen LogP contribution in [0.15, 0.2) is 36.4 Å². The van der Waals surface area contributed by atoms with Crippen LogP contribution in [0.1, 0.15) is 22.8 Å². The molecule has 5 heteroatoms. The first-order valence-electron chi connectivity index (χ1n) is 6.61. The standard InChI is InChI=1S/C16H17FN2O2/c1-3-21-16(20)11-5-4-6-13(15(11)18)19-14-9-10(2)7-8-12(14)17/h4-9,19H,3,18H2,1-2H3. The van der Waals surface area contributed by atoms with Gasteiger partial charge in [-0.2, -0.15) is 0 Å². The predicted octanol–water partition coefficient (Wildman–Crippen LogP) is 3.64. The Morgan fingerprint density at radius 2 is 2.05 bits per heavy atom. The summed E-state index contributed by atoms with van der Waals surface area (Å²) in [4.78, 5) is 11.8. The van der Waals surface area contributed by atoms with Crippen LogP contribution in [-0.2, 0) is 4.74 Å². The number of para-hydroxylation sites is 1. The van der Waals surface area contributed by atoms with Gasteiger partial charge in [0.15, 0.2) is 0 Å². The molecular weight excluding hydrogens is 271 g/mol. The Labute approximate surface area is 122 Å². The molecule has 0 bridgehead atoms. The van der Waals surface area contributed by atoms with E-state index in [4.69, 9.17) is 10.5 Å².